The molecule has 6 aromatic heterocycles. The van der Waals surface area contributed by atoms with Gasteiger partial charge in [-0.05, 0) is 218 Å². The zero-order chi connectivity index (χ0) is 86.3. The third-order valence-electron chi connectivity index (χ3n) is 28.1. The van der Waals surface area contributed by atoms with Crippen LogP contribution in [0.2, 0.25) is 0 Å². The van der Waals surface area contributed by atoms with Gasteiger partial charge in [0.25, 0.3) is 0 Å². The van der Waals surface area contributed by atoms with Gasteiger partial charge in [-0.3, -0.25) is 0 Å². The van der Waals surface area contributed by atoms with E-state index in [0.29, 0.717) is 0 Å². The van der Waals surface area contributed by atoms with Crippen molar-refractivity contribution in [1.82, 2.24) is 13.7 Å². The third kappa shape index (κ3) is 11.4. The number of thiophene rings is 2. The minimum atomic E-state index is 0.919. The summed E-state index contributed by atoms with van der Waals surface area (Å²) >= 11 is 3.73. The second kappa shape index (κ2) is 29.4. The van der Waals surface area contributed by atoms with Gasteiger partial charge in [0, 0.05) is 122 Å². The fourth-order valence-electron chi connectivity index (χ4n) is 22.2. The van der Waals surface area contributed by atoms with Gasteiger partial charge in [-0.1, -0.05) is 346 Å². The lowest BCUT2D eigenvalue weighted by atomic mass is 9.95. The van der Waals surface area contributed by atoms with Crippen LogP contribution in [0.1, 0.15) is 0 Å². The number of nitrogens with zero attached hydrogens (tertiary/aromatic N) is 3. The fourth-order valence-corrected chi connectivity index (χ4v) is 24.3. The molecule has 0 spiro atoms. The largest absolute Gasteiger partial charge is 0.456 e. The Kier molecular flexibility index (Phi) is 16.6. The molecule has 0 saturated heterocycles. The summed E-state index contributed by atoms with van der Waals surface area (Å²) in [5.41, 5.74) is 20.2. The molecular weight excluding hydrogens is 1640 g/mol. The second-order valence-electron chi connectivity index (χ2n) is 35.1. The van der Waals surface area contributed by atoms with E-state index in [2.05, 4.69) is 457 Å². The predicted molar refractivity (Wildman–Crippen MR) is 569 cm³/mol. The van der Waals surface area contributed by atoms with E-state index in [1.54, 1.807) is 0 Å². The van der Waals surface area contributed by atoms with Gasteiger partial charge < -0.3 is 18.1 Å². The van der Waals surface area contributed by atoms with Crippen LogP contribution in [0.15, 0.2) is 459 Å². The molecule has 0 unspecified atom stereocenters. The maximum absolute atomic E-state index is 6.09. The first-order valence-electron chi connectivity index (χ1n) is 45.3. The number of hydrogen-bond acceptors (Lipinski definition) is 3. The summed E-state index contributed by atoms with van der Waals surface area (Å²) < 4.78 is 18.9. The van der Waals surface area contributed by atoms with Crippen molar-refractivity contribution in [2.24, 2.45) is 0 Å². The highest BCUT2D eigenvalue weighted by molar-refractivity contribution is 7.26. The molecule has 30 aromatic rings. The molecule has 0 fully saturated rings. The Balaban J connectivity index is 0.0000000991. The molecule has 0 bridgehead atoms. The first-order chi connectivity index (χ1) is 65.5. The Bertz CT molecular complexity index is 9860. The number of benzene rings is 24. The SMILES string of the molecule is c1ccc2c(c1)ccc1c2c2c3ccccc3c3ccccc3c2n1-c1ccc(-c2ccc3sc4ccccc4c3c2)cc1.c1ccc2c(c1)ccc1c3c4ccccc4c4ccccc4c3n(-c3ccc(-c4ccc5oc6ccccc6c5c4)cc3)c21.c1ccc2cc3c(cc2c1)c1c2ccccc2c2ccccc2c1n3-c1ccc(-c2ccc3sc4ccccc4c3c2)cc1. The normalized spacial score (nSPS) is 12.1. The van der Waals surface area contributed by atoms with Gasteiger partial charge in [0.05, 0.1) is 33.1 Å². The molecule has 6 heterocycles. The van der Waals surface area contributed by atoms with Crippen LogP contribution in [0.25, 0.3) is 275 Å². The van der Waals surface area contributed by atoms with Gasteiger partial charge in [0.2, 0.25) is 0 Å². The summed E-state index contributed by atoms with van der Waals surface area (Å²) in [5.74, 6) is 0. The molecule has 0 N–H and O–H groups in total. The maximum atomic E-state index is 6.09. The Hall–Kier alpha value is -16.7. The number of rotatable bonds is 6. The molecule has 0 atom stereocenters. The molecule has 4 nitrogen and oxygen atoms in total. The quantitative estimate of drug-likeness (QED) is 0.153. The number of aromatic nitrogens is 3. The lowest BCUT2D eigenvalue weighted by molar-refractivity contribution is 0.669. The topological polar surface area (TPSA) is 27.9 Å². The Morgan fingerprint density at radius 2 is 0.485 bits per heavy atom. The van der Waals surface area contributed by atoms with E-state index < -0.39 is 0 Å². The molecule has 0 amide bonds. The fraction of sp³-hybridized carbons (Fsp3) is 0. The molecule has 30 rings (SSSR count). The maximum Gasteiger partial charge on any atom is 0.135 e. The van der Waals surface area contributed by atoms with E-state index >= 15 is 0 Å². The van der Waals surface area contributed by atoms with Crippen LogP contribution in [-0.4, -0.2) is 13.7 Å². The summed E-state index contributed by atoms with van der Waals surface area (Å²) in [6, 6.07) is 167. The van der Waals surface area contributed by atoms with Crippen LogP contribution in [0.3, 0.4) is 0 Å². The van der Waals surface area contributed by atoms with Crippen molar-refractivity contribution in [3.63, 3.8) is 0 Å². The molecular formula is C126H75N3OS2. The molecule has 612 valence electrons. The van der Waals surface area contributed by atoms with Crippen LogP contribution in [0.4, 0.5) is 0 Å². The van der Waals surface area contributed by atoms with Crippen molar-refractivity contribution in [2.45, 2.75) is 0 Å². The van der Waals surface area contributed by atoms with Crippen molar-refractivity contribution < 1.29 is 4.42 Å². The highest BCUT2D eigenvalue weighted by Crippen LogP contribution is 2.51. The average molecular weight is 1710 g/mol. The zero-order valence-electron chi connectivity index (χ0n) is 71.4. The summed E-state index contributed by atoms with van der Waals surface area (Å²) in [6.45, 7) is 0. The van der Waals surface area contributed by atoms with Crippen molar-refractivity contribution in [1.29, 1.82) is 0 Å². The van der Waals surface area contributed by atoms with Gasteiger partial charge in [0.15, 0.2) is 0 Å². The van der Waals surface area contributed by atoms with E-state index in [1.807, 2.05) is 34.8 Å². The van der Waals surface area contributed by atoms with Crippen LogP contribution in [0, 0.1) is 0 Å². The molecule has 0 saturated carbocycles. The van der Waals surface area contributed by atoms with Crippen LogP contribution >= 0.6 is 22.7 Å². The van der Waals surface area contributed by atoms with E-state index in [9.17, 15) is 0 Å². The van der Waals surface area contributed by atoms with Gasteiger partial charge in [-0.2, -0.15) is 0 Å². The van der Waals surface area contributed by atoms with Crippen LogP contribution in [0.5, 0.6) is 0 Å². The van der Waals surface area contributed by atoms with E-state index in [4.69, 9.17) is 4.42 Å². The van der Waals surface area contributed by atoms with Gasteiger partial charge in [-0.15, -0.1) is 22.7 Å². The smallest absolute Gasteiger partial charge is 0.135 e. The molecule has 24 aromatic carbocycles. The minimum Gasteiger partial charge on any atom is -0.456 e. The summed E-state index contributed by atoms with van der Waals surface area (Å²) in [7, 11) is 0. The molecule has 6 heteroatoms. The zero-order valence-corrected chi connectivity index (χ0v) is 73.0. The lowest BCUT2D eigenvalue weighted by Crippen LogP contribution is -1.95. The van der Waals surface area contributed by atoms with E-state index in [-0.39, 0.29) is 0 Å². The van der Waals surface area contributed by atoms with Gasteiger partial charge >= 0.3 is 0 Å². The Morgan fingerprint density at radius 1 is 0.152 bits per heavy atom. The first kappa shape index (κ1) is 74.4. The minimum absolute atomic E-state index is 0.919. The number of furan rings is 1. The van der Waals surface area contributed by atoms with Crippen molar-refractivity contribution >= 4 is 247 Å². The Labute approximate surface area is 765 Å². The molecule has 0 aliphatic heterocycles. The molecule has 132 heavy (non-hydrogen) atoms. The highest BCUT2D eigenvalue weighted by Gasteiger charge is 2.26. The van der Waals surface area contributed by atoms with E-state index in [0.717, 1.165) is 27.6 Å². The molecule has 0 aliphatic carbocycles. The lowest BCUT2D eigenvalue weighted by Gasteiger charge is -2.13. The van der Waals surface area contributed by atoms with Crippen LogP contribution < -0.4 is 0 Å². The Morgan fingerprint density at radius 3 is 1.01 bits per heavy atom. The summed E-state index contributed by atoms with van der Waals surface area (Å²) in [6.07, 6.45) is 0. The van der Waals surface area contributed by atoms with Crippen LogP contribution in [-0.2, 0) is 0 Å². The first-order valence-corrected chi connectivity index (χ1v) is 47.0. The van der Waals surface area contributed by atoms with Crippen molar-refractivity contribution in [3.8, 4) is 50.4 Å². The standard InChI is InChI=1S/C42H25NO.2C42H25NS/c1-2-10-30-27(9-1)19-23-36-40-34-14-5-3-11-31(34)32-12-4-6-15-35(32)42(40)43(41(30)36)29-21-17-26(18-22-29)28-20-24-39-37(25-28)33-13-7-8-16-38(33)44-39;1-2-10-30-27(9-1)19-23-37-40(30)41-34-14-5-3-11-31(34)32-12-4-6-15-35(32)42(41)43(37)29-21-17-26(18-22-29)28-20-24-39-36(25-28)33-13-7-8-16-38(33)44-39;1-2-10-28-25-38-37(24-27(28)9-1)41-34-14-5-3-11-31(34)32-12-4-6-15-35(32)42(41)43(38)30-20-17-26(18-21-30)29-19-22-40-36(23-29)33-13-7-8-16-39(33)44-40/h3*1-25H. The summed E-state index contributed by atoms with van der Waals surface area (Å²) in [5, 5.41) is 38.5. The highest BCUT2D eigenvalue weighted by atomic mass is 32.1. The van der Waals surface area contributed by atoms with Crippen molar-refractivity contribution in [3.05, 3.63) is 455 Å². The number of para-hydroxylation sites is 1. The average Bonchev–Trinajstić information content (AvgIpc) is 1.54. The molecule has 0 radical (unpaired) electrons. The predicted octanol–water partition coefficient (Wildman–Crippen LogP) is 36.4. The second-order valence-corrected chi connectivity index (χ2v) is 37.3. The van der Waals surface area contributed by atoms with E-state index in [1.165, 1.54) is 247 Å². The molecule has 0 aliphatic rings. The monoisotopic (exact) mass is 1710 g/mol. The van der Waals surface area contributed by atoms with Gasteiger partial charge in [-0.25, -0.2) is 0 Å². The van der Waals surface area contributed by atoms with Gasteiger partial charge in [0.1, 0.15) is 11.2 Å². The third-order valence-corrected chi connectivity index (χ3v) is 30.4. The number of hydrogen-bond donors (Lipinski definition) is 0. The summed E-state index contributed by atoms with van der Waals surface area (Å²) in [4.78, 5) is 0. The van der Waals surface area contributed by atoms with Crippen molar-refractivity contribution in [2.75, 3.05) is 0 Å². The number of fused-ring (bicyclic) bond motifs is 38.